The fourth-order valence-electron chi connectivity index (χ4n) is 3.57. The Morgan fingerprint density at radius 3 is 2.86 bits per heavy atom. The van der Waals surface area contributed by atoms with E-state index < -0.39 is 5.60 Å². The van der Waals surface area contributed by atoms with Crippen molar-refractivity contribution in [3.63, 3.8) is 0 Å². The molecule has 1 atom stereocenters. The fourth-order valence-corrected chi connectivity index (χ4v) is 3.57. The van der Waals surface area contributed by atoms with Crippen LogP contribution < -0.4 is 10.2 Å². The van der Waals surface area contributed by atoms with E-state index in [-0.39, 0.29) is 5.91 Å². The quantitative estimate of drug-likeness (QED) is 0.724. The van der Waals surface area contributed by atoms with Crippen LogP contribution in [0.15, 0.2) is 61.1 Å². The molecule has 0 bridgehead atoms. The largest absolute Gasteiger partial charge is 0.367 e. The molecule has 7 nitrogen and oxygen atoms in total. The van der Waals surface area contributed by atoms with Crippen molar-refractivity contribution in [1.82, 2.24) is 20.1 Å². The van der Waals surface area contributed by atoms with Gasteiger partial charge in [-0.05, 0) is 24.6 Å². The molecule has 0 radical (unpaired) electrons. The molecule has 1 amide bonds. The predicted octanol–water partition coefficient (Wildman–Crippen LogP) is 2.50. The van der Waals surface area contributed by atoms with Gasteiger partial charge in [0.1, 0.15) is 11.3 Å². The standard InChI is InChI=1S/C22H25N5O2/c1-22(18-14-25-26(2)15-18)16-27(10-11-29-22)19-8-9-23-20(12-19)21(28)24-13-17-6-4-3-5-7-17/h3-9,12,14-15H,10-11,13,16H2,1-2H3,(H,24,28). The number of hydrogen-bond acceptors (Lipinski definition) is 5. The van der Waals surface area contributed by atoms with Gasteiger partial charge >= 0.3 is 0 Å². The Hall–Kier alpha value is -3.19. The highest BCUT2D eigenvalue weighted by atomic mass is 16.5. The summed E-state index contributed by atoms with van der Waals surface area (Å²) < 4.78 is 7.87. The number of ether oxygens (including phenoxy) is 1. The van der Waals surface area contributed by atoms with Crippen molar-refractivity contribution in [3.05, 3.63) is 77.9 Å². The topological polar surface area (TPSA) is 72.3 Å². The van der Waals surface area contributed by atoms with Crippen LogP contribution in [0.4, 0.5) is 5.69 Å². The lowest BCUT2D eigenvalue weighted by molar-refractivity contribution is -0.0466. The van der Waals surface area contributed by atoms with Crippen LogP contribution in [0.3, 0.4) is 0 Å². The first kappa shape index (κ1) is 19.1. The minimum atomic E-state index is -0.453. The first-order valence-corrected chi connectivity index (χ1v) is 9.70. The van der Waals surface area contributed by atoms with Crippen LogP contribution in [0, 0.1) is 0 Å². The maximum absolute atomic E-state index is 12.6. The van der Waals surface area contributed by atoms with E-state index in [0.717, 1.165) is 23.4 Å². The van der Waals surface area contributed by atoms with E-state index in [4.69, 9.17) is 4.74 Å². The molecule has 1 N–H and O–H groups in total. The fraction of sp³-hybridized carbons (Fsp3) is 0.318. The van der Waals surface area contributed by atoms with E-state index >= 15 is 0 Å². The Morgan fingerprint density at radius 2 is 2.10 bits per heavy atom. The molecule has 1 saturated heterocycles. The molecule has 3 heterocycles. The Balaban J connectivity index is 1.47. The molecule has 0 saturated carbocycles. The van der Waals surface area contributed by atoms with Crippen molar-refractivity contribution in [2.45, 2.75) is 19.1 Å². The van der Waals surface area contributed by atoms with Crippen molar-refractivity contribution in [2.75, 3.05) is 24.6 Å². The van der Waals surface area contributed by atoms with Gasteiger partial charge in [0.2, 0.25) is 0 Å². The molecule has 1 aliphatic rings. The highest BCUT2D eigenvalue weighted by Gasteiger charge is 2.35. The van der Waals surface area contributed by atoms with Crippen molar-refractivity contribution in [3.8, 4) is 0 Å². The Bertz CT molecular complexity index is 988. The van der Waals surface area contributed by atoms with Crippen molar-refractivity contribution in [1.29, 1.82) is 0 Å². The Labute approximate surface area is 170 Å². The van der Waals surface area contributed by atoms with Crippen LogP contribution in [0.5, 0.6) is 0 Å². The van der Waals surface area contributed by atoms with E-state index in [1.165, 1.54) is 0 Å². The number of aromatic nitrogens is 3. The number of morpholine rings is 1. The minimum absolute atomic E-state index is 0.181. The molecular weight excluding hydrogens is 366 g/mol. The number of carbonyl (C=O) groups is 1. The second-order valence-corrected chi connectivity index (χ2v) is 7.47. The van der Waals surface area contributed by atoms with Crippen LogP contribution in [0.2, 0.25) is 0 Å². The van der Waals surface area contributed by atoms with Gasteiger partial charge in [0, 0.05) is 43.8 Å². The number of carbonyl (C=O) groups excluding carboxylic acids is 1. The average molecular weight is 391 g/mol. The van der Waals surface area contributed by atoms with Gasteiger partial charge in [-0.25, -0.2) is 0 Å². The first-order valence-electron chi connectivity index (χ1n) is 9.70. The number of aryl methyl sites for hydroxylation is 1. The summed E-state index contributed by atoms with van der Waals surface area (Å²) in [7, 11) is 1.90. The maximum atomic E-state index is 12.6. The van der Waals surface area contributed by atoms with Gasteiger partial charge in [0.15, 0.2) is 0 Å². The van der Waals surface area contributed by atoms with E-state index in [2.05, 4.69) is 27.2 Å². The van der Waals surface area contributed by atoms with Gasteiger partial charge in [-0.3, -0.25) is 14.5 Å². The zero-order chi connectivity index (χ0) is 20.3. The minimum Gasteiger partial charge on any atom is -0.367 e. The van der Waals surface area contributed by atoms with Crippen molar-refractivity contribution >= 4 is 11.6 Å². The number of anilines is 1. The second-order valence-electron chi connectivity index (χ2n) is 7.47. The normalized spacial score (nSPS) is 19.2. The number of benzene rings is 1. The average Bonchev–Trinajstić information content (AvgIpc) is 3.20. The summed E-state index contributed by atoms with van der Waals surface area (Å²) in [5, 5.41) is 7.21. The third-order valence-electron chi connectivity index (χ3n) is 5.23. The molecule has 3 aromatic rings. The molecule has 2 aromatic heterocycles. The van der Waals surface area contributed by atoms with Crippen molar-refractivity contribution < 1.29 is 9.53 Å². The smallest absolute Gasteiger partial charge is 0.270 e. The molecule has 1 aromatic carbocycles. The highest BCUT2D eigenvalue weighted by Crippen LogP contribution is 2.31. The van der Waals surface area contributed by atoms with Crippen LogP contribution >= 0.6 is 0 Å². The van der Waals surface area contributed by atoms with Crippen LogP contribution in [-0.2, 0) is 23.9 Å². The van der Waals surface area contributed by atoms with Crippen LogP contribution in [-0.4, -0.2) is 40.4 Å². The van der Waals surface area contributed by atoms with Gasteiger partial charge in [0.25, 0.3) is 5.91 Å². The lowest BCUT2D eigenvalue weighted by Crippen LogP contribution is -2.48. The molecule has 0 spiro atoms. The number of rotatable bonds is 5. The molecular formula is C22H25N5O2. The molecule has 29 heavy (non-hydrogen) atoms. The van der Waals surface area contributed by atoms with E-state index in [9.17, 15) is 4.79 Å². The maximum Gasteiger partial charge on any atom is 0.270 e. The summed E-state index contributed by atoms with van der Waals surface area (Å²) in [6, 6.07) is 13.6. The van der Waals surface area contributed by atoms with Crippen LogP contribution in [0.1, 0.15) is 28.5 Å². The zero-order valence-corrected chi connectivity index (χ0v) is 16.7. The number of nitrogens with zero attached hydrogens (tertiary/aromatic N) is 4. The molecule has 4 rings (SSSR count). The van der Waals surface area contributed by atoms with Gasteiger partial charge in [0.05, 0.1) is 19.3 Å². The Morgan fingerprint density at radius 1 is 1.28 bits per heavy atom. The second kappa shape index (κ2) is 8.05. The van der Waals surface area contributed by atoms with E-state index in [0.29, 0.717) is 25.4 Å². The van der Waals surface area contributed by atoms with Gasteiger partial charge in [-0.2, -0.15) is 5.10 Å². The molecule has 150 valence electrons. The number of pyridine rings is 1. The summed E-state index contributed by atoms with van der Waals surface area (Å²) >= 11 is 0. The number of amides is 1. The lowest BCUT2D eigenvalue weighted by Gasteiger charge is -2.41. The SMILES string of the molecule is Cn1cc(C2(C)CN(c3ccnc(C(=O)NCc4ccccc4)c3)CCO2)cn1. The summed E-state index contributed by atoms with van der Waals surface area (Å²) in [6.07, 6.45) is 5.51. The molecule has 7 heteroatoms. The van der Waals surface area contributed by atoms with Gasteiger partial charge in [-0.15, -0.1) is 0 Å². The number of nitrogens with one attached hydrogen (secondary N) is 1. The van der Waals surface area contributed by atoms with Gasteiger partial charge < -0.3 is 15.0 Å². The molecule has 1 aliphatic heterocycles. The summed E-state index contributed by atoms with van der Waals surface area (Å²) in [5.41, 5.74) is 3.01. The summed E-state index contributed by atoms with van der Waals surface area (Å²) in [4.78, 5) is 19.1. The number of hydrogen-bond donors (Lipinski definition) is 1. The predicted molar refractivity (Wildman–Crippen MR) is 111 cm³/mol. The lowest BCUT2D eigenvalue weighted by atomic mass is 9.96. The van der Waals surface area contributed by atoms with Gasteiger partial charge in [-0.1, -0.05) is 30.3 Å². The van der Waals surface area contributed by atoms with E-state index in [1.54, 1.807) is 10.9 Å². The third-order valence-corrected chi connectivity index (χ3v) is 5.23. The molecule has 0 aliphatic carbocycles. The van der Waals surface area contributed by atoms with Crippen LogP contribution in [0.25, 0.3) is 0 Å². The summed E-state index contributed by atoms with van der Waals surface area (Å²) in [5.74, 6) is -0.181. The molecule has 1 unspecified atom stereocenters. The molecule has 1 fully saturated rings. The third kappa shape index (κ3) is 4.30. The van der Waals surface area contributed by atoms with E-state index in [1.807, 2.05) is 61.9 Å². The first-order chi connectivity index (χ1) is 14.0. The summed E-state index contributed by atoms with van der Waals surface area (Å²) in [6.45, 7) is 4.58. The highest BCUT2D eigenvalue weighted by molar-refractivity contribution is 5.93. The monoisotopic (exact) mass is 391 g/mol. The Kier molecular flexibility index (Phi) is 5.31. The van der Waals surface area contributed by atoms with Crippen molar-refractivity contribution in [2.24, 2.45) is 7.05 Å². The zero-order valence-electron chi connectivity index (χ0n) is 16.7.